The molecule has 106 valence electrons. The zero-order valence-corrected chi connectivity index (χ0v) is 12.8. The molecule has 0 unspecified atom stereocenters. The van der Waals surface area contributed by atoms with Crippen molar-refractivity contribution in [2.45, 2.75) is 20.8 Å². The molecule has 2 aromatic rings. The summed E-state index contributed by atoms with van der Waals surface area (Å²) in [7, 11) is 0. The van der Waals surface area contributed by atoms with Crippen LogP contribution < -0.4 is 10.6 Å². The summed E-state index contributed by atoms with van der Waals surface area (Å²) >= 11 is 1.40. The fourth-order valence-corrected chi connectivity index (χ4v) is 2.09. The summed E-state index contributed by atoms with van der Waals surface area (Å²) in [6.07, 6.45) is 1.67. The van der Waals surface area contributed by atoms with E-state index in [0.717, 1.165) is 12.2 Å². The topological polar surface area (TPSA) is 54.0 Å². The lowest BCUT2D eigenvalue weighted by atomic mass is 9.97. The number of thiazole rings is 1. The van der Waals surface area contributed by atoms with Crippen LogP contribution in [0, 0.1) is 5.41 Å². The molecule has 0 saturated carbocycles. The van der Waals surface area contributed by atoms with E-state index in [4.69, 9.17) is 0 Å². The SMILES string of the molecule is CC(C)(C)CNc1ccc(C(=O)Nc2nccs2)cc1. The monoisotopic (exact) mass is 289 g/mol. The standard InChI is InChI=1S/C15H19N3OS/c1-15(2,3)10-17-12-6-4-11(5-7-12)13(19)18-14-16-8-9-20-14/h4-9,17H,10H2,1-3H3,(H,16,18,19). The molecule has 0 spiro atoms. The van der Waals surface area contributed by atoms with Crippen LogP contribution in [-0.2, 0) is 0 Å². The Labute approximate surface area is 123 Å². The third-order valence-corrected chi connectivity index (χ3v) is 3.31. The highest BCUT2D eigenvalue weighted by molar-refractivity contribution is 7.13. The van der Waals surface area contributed by atoms with Gasteiger partial charge in [0.15, 0.2) is 5.13 Å². The minimum Gasteiger partial charge on any atom is -0.385 e. The Balaban J connectivity index is 1.95. The molecule has 0 aliphatic heterocycles. The summed E-state index contributed by atoms with van der Waals surface area (Å²) in [4.78, 5) is 16.0. The first kappa shape index (κ1) is 14.5. The van der Waals surface area contributed by atoms with Crippen molar-refractivity contribution >= 4 is 28.1 Å². The molecular formula is C15H19N3OS. The van der Waals surface area contributed by atoms with E-state index in [-0.39, 0.29) is 11.3 Å². The van der Waals surface area contributed by atoms with Gasteiger partial charge in [-0.2, -0.15) is 0 Å². The van der Waals surface area contributed by atoms with E-state index in [1.807, 2.05) is 29.6 Å². The number of anilines is 2. The van der Waals surface area contributed by atoms with Crippen LogP contribution >= 0.6 is 11.3 Å². The molecule has 1 aromatic carbocycles. The zero-order valence-electron chi connectivity index (χ0n) is 11.9. The van der Waals surface area contributed by atoms with Gasteiger partial charge in [0.25, 0.3) is 5.91 Å². The Morgan fingerprint density at radius 1 is 1.25 bits per heavy atom. The third kappa shape index (κ3) is 4.35. The van der Waals surface area contributed by atoms with Crippen molar-refractivity contribution in [3.63, 3.8) is 0 Å². The average Bonchev–Trinajstić information content (AvgIpc) is 2.89. The molecule has 0 radical (unpaired) electrons. The van der Waals surface area contributed by atoms with Crippen molar-refractivity contribution < 1.29 is 4.79 Å². The molecule has 2 rings (SSSR count). The number of carbonyl (C=O) groups excluding carboxylic acids is 1. The molecule has 20 heavy (non-hydrogen) atoms. The first-order chi connectivity index (χ1) is 9.44. The molecule has 0 fully saturated rings. The molecule has 0 aliphatic carbocycles. The van der Waals surface area contributed by atoms with Gasteiger partial charge >= 0.3 is 0 Å². The van der Waals surface area contributed by atoms with Gasteiger partial charge in [-0.25, -0.2) is 4.98 Å². The highest BCUT2D eigenvalue weighted by atomic mass is 32.1. The number of nitrogens with one attached hydrogen (secondary N) is 2. The maximum atomic E-state index is 12.0. The summed E-state index contributed by atoms with van der Waals surface area (Å²) < 4.78 is 0. The lowest BCUT2D eigenvalue weighted by Gasteiger charge is -2.19. The van der Waals surface area contributed by atoms with E-state index >= 15 is 0 Å². The maximum Gasteiger partial charge on any atom is 0.257 e. The minimum atomic E-state index is -0.137. The van der Waals surface area contributed by atoms with E-state index < -0.39 is 0 Å². The number of carbonyl (C=O) groups is 1. The molecule has 2 N–H and O–H groups in total. The van der Waals surface area contributed by atoms with E-state index in [1.54, 1.807) is 6.20 Å². The average molecular weight is 289 g/mol. The van der Waals surface area contributed by atoms with Crippen LogP contribution in [0.3, 0.4) is 0 Å². The predicted octanol–water partition coefficient (Wildman–Crippen LogP) is 3.85. The van der Waals surface area contributed by atoms with Crippen LogP contribution in [0.2, 0.25) is 0 Å². The van der Waals surface area contributed by atoms with Gasteiger partial charge in [0.05, 0.1) is 0 Å². The van der Waals surface area contributed by atoms with Gasteiger partial charge in [-0.05, 0) is 29.7 Å². The summed E-state index contributed by atoms with van der Waals surface area (Å²) in [6, 6.07) is 7.47. The quantitative estimate of drug-likeness (QED) is 0.898. The van der Waals surface area contributed by atoms with Gasteiger partial charge in [0.2, 0.25) is 0 Å². The number of hydrogen-bond donors (Lipinski definition) is 2. The van der Waals surface area contributed by atoms with Crippen LogP contribution in [0.1, 0.15) is 31.1 Å². The number of benzene rings is 1. The largest absolute Gasteiger partial charge is 0.385 e. The van der Waals surface area contributed by atoms with Crippen molar-refractivity contribution in [3.8, 4) is 0 Å². The summed E-state index contributed by atoms with van der Waals surface area (Å²) in [6.45, 7) is 7.42. The molecule has 1 heterocycles. The zero-order chi connectivity index (χ0) is 14.6. The van der Waals surface area contributed by atoms with Crippen LogP contribution in [-0.4, -0.2) is 17.4 Å². The molecule has 1 aromatic heterocycles. The van der Waals surface area contributed by atoms with Crippen molar-refractivity contribution in [3.05, 3.63) is 41.4 Å². The highest BCUT2D eigenvalue weighted by Gasteiger charge is 2.10. The Morgan fingerprint density at radius 3 is 2.50 bits per heavy atom. The summed E-state index contributed by atoms with van der Waals surface area (Å²) in [5, 5.41) is 8.56. The second-order valence-electron chi connectivity index (χ2n) is 5.78. The first-order valence-electron chi connectivity index (χ1n) is 6.49. The second-order valence-corrected chi connectivity index (χ2v) is 6.68. The van der Waals surface area contributed by atoms with Gasteiger partial charge < -0.3 is 5.32 Å². The number of hydrogen-bond acceptors (Lipinski definition) is 4. The van der Waals surface area contributed by atoms with Gasteiger partial charge in [0, 0.05) is 29.4 Å². The fraction of sp³-hybridized carbons (Fsp3) is 0.333. The normalized spacial score (nSPS) is 11.2. The Kier molecular flexibility index (Phi) is 4.39. The number of amides is 1. The first-order valence-corrected chi connectivity index (χ1v) is 7.37. The Morgan fingerprint density at radius 2 is 1.95 bits per heavy atom. The molecule has 5 heteroatoms. The second kappa shape index (κ2) is 6.05. The van der Waals surface area contributed by atoms with E-state index in [2.05, 4.69) is 36.4 Å². The Bertz CT molecular complexity index is 556. The maximum absolute atomic E-state index is 12.0. The lowest BCUT2D eigenvalue weighted by Crippen LogP contribution is -2.19. The summed E-state index contributed by atoms with van der Waals surface area (Å²) in [5.74, 6) is -0.137. The highest BCUT2D eigenvalue weighted by Crippen LogP contribution is 2.17. The number of aromatic nitrogens is 1. The van der Waals surface area contributed by atoms with Crippen molar-refractivity contribution in [1.82, 2.24) is 4.98 Å². The van der Waals surface area contributed by atoms with Crippen LogP contribution in [0.4, 0.5) is 10.8 Å². The number of nitrogens with zero attached hydrogens (tertiary/aromatic N) is 1. The van der Waals surface area contributed by atoms with Crippen LogP contribution in [0.25, 0.3) is 0 Å². The summed E-state index contributed by atoms with van der Waals surface area (Å²) in [5.41, 5.74) is 1.87. The van der Waals surface area contributed by atoms with E-state index in [9.17, 15) is 4.79 Å². The molecule has 0 aliphatic rings. The van der Waals surface area contributed by atoms with Crippen molar-refractivity contribution in [1.29, 1.82) is 0 Å². The van der Waals surface area contributed by atoms with Crippen LogP contribution in [0.5, 0.6) is 0 Å². The van der Waals surface area contributed by atoms with Crippen molar-refractivity contribution in [2.24, 2.45) is 5.41 Å². The van der Waals surface area contributed by atoms with E-state index in [0.29, 0.717) is 10.7 Å². The van der Waals surface area contributed by atoms with E-state index in [1.165, 1.54) is 11.3 Å². The van der Waals surface area contributed by atoms with Gasteiger partial charge in [-0.3, -0.25) is 10.1 Å². The fourth-order valence-electron chi connectivity index (χ4n) is 1.56. The molecule has 0 bridgehead atoms. The molecule has 0 saturated heterocycles. The smallest absolute Gasteiger partial charge is 0.257 e. The minimum absolute atomic E-state index is 0.137. The van der Waals surface area contributed by atoms with Gasteiger partial charge in [-0.1, -0.05) is 20.8 Å². The molecular weight excluding hydrogens is 270 g/mol. The predicted molar refractivity (Wildman–Crippen MR) is 84.5 cm³/mol. The van der Waals surface area contributed by atoms with Crippen molar-refractivity contribution in [2.75, 3.05) is 17.2 Å². The van der Waals surface area contributed by atoms with Gasteiger partial charge in [0.1, 0.15) is 0 Å². The van der Waals surface area contributed by atoms with Gasteiger partial charge in [-0.15, -0.1) is 11.3 Å². The Hall–Kier alpha value is -1.88. The third-order valence-electron chi connectivity index (χ3n) is 2.62. The molecule has 0 atom stereocenters. The lowest BCUT2D eigenvalue weighted by molar-refractivity contribution is 0.102. The van der Waals surface area contributed by atoms with Crippen LogP contribution in [0.15, 0.2) is 35.8 Å². The molecule has 4 nitrogen and oxygen atoms in total. The number of rotatable bonds is 4. The molecule has 1 amide bonds.